The molecule has 0 atom stereocenters. The summed E-state index contributed by atoms with van der Waals surface area (Å²) in [4.78, 5) is 4.83. The van der Waals surface area contributed by atoms with E-state index in [1.54, 1.807) is 0 Å². The van der Waals surface area contributed by atoms with Crippen molar-refractivity contribution in [1.29, 1.82) is 0 Å². The molecule has 1 aromatic carbocycles. The van der Waals surface area contributed by atoms with Gasteiger partial charge in [-0.3, -0.25) is 0 Å². The maximum atomic E-state index is 5.67. The topological polar surface area (TPSA) is 68.2 Å². The minimum Gasteiger partial charge on any atom is -0.368 e. The molecule has 0 aliphatic heterocycles. The summed E-state index contributed by atoms with van der Waals surface area (Å²) in [6, 6.07) is 10.4. The van der Waals surface area contributed by atoms with E-state index in [-0.39, 0.29) is 0 Å². The average Bonchev–Trinajstić information content (AvgIpc) is 3.18. The second kappa shape index (κ2) is 5.66. The number of nitrogens with one attached hydrogen (secondary N) is 1. The first-order chi connectivity index (χ1) is 11.3. The molecule has 0 saturated heterocycles. The van der Waals surface area contributed by atoms with E-state index in [0.717, 1.165) is 48.5 Å². The summed E-state index contributed by atoms with van der Waals surface area (Å²) >= 11 is 0. The van der Waals surface area contributed by atoms with Crippen molar-refractivity contribution in [2.24, 2.45) is 5.73 Å². The van der Waals surface area contributed by atoms with Crippen molar-refractivity contribution >= 4 is 11.5 Å². The summed E-state index contributed by atoms with van der Waals surface area (Å²) in [6.07, 6.45) is 3.27. The van der Waals surface area contributed by atoms with Gasteiger partial charge in [0, 0.05) is 36.0 Å². The van der Waals surface area contributed by atoms with Crippen LogP contribution in [0.4, 0.5) is 5.82 Å². The van der Waals surface area contributed by atoms with Crippen molar-refractivity contribution < 1.29 is 0 Å². The van der Waals surface area contributed by atoms with Gasteiger partial charge in [0.15, 0.2) is 5.65 Å². The number of nitrogens with two attached hydrogens (primary N) is 1. The fraction of sp³-hybridized carbons (Fsp3) is 0.333. The van der Waals surface area contributed by atoms with E-state index >= 15 is 0 Å². The molecule has 118 valence electrons. The second-order valence-corrected chi connectivity index (χ2v) is 6.07. The summed E-state index contributed by atoms with van der Waals surface area (Å²) in [6.45, 7) is 3.45. The molecule has 0 saturated carbocycles. The van der Waals surface area contributed by atoms with E-state index in [1.807, 2.05) is 10.6 Å². The van der Waals surface area contributed by atoms with Gasteiger partial charge >= 0.3 is 0 Å². The molecule has 0 bridgehead atoms. The number of hydrogen-bond acceptors (Lipinski definition) is 4. The van der Waals surface area contributed by atoms with Gasteiger partial charge in [0.05, 0.1) is 5.69 Å². The Morgan fingerprint density at radius 2 is 2.13 bits per heavy atom. The molecule has 1 aliphatic carbocycles. The molecular weight excluding hydrogens is 286 g/mol. The van der Waals surface area contributed by atoms with E-state index in [2.05, 4.69) is 36.5 Å². The van der Waals surface area contributed by atoms with E-state index in [9.17, 15) is 0 Å². The fourth-order valence-electron chi connectivity index (χ4n) is 3.35. The molecule has 3 aromatic rings. The normalized spacial score (nSPS) is 13.5. The highest BCUT2D eigenvalue weighted by atomic mass is 15.3. The Balaban J connectivity index is 1.90. The average molecular weight is 307 g/mol. The lowest BCUT2D eigenvalue weighted by atomic mass is 10.1. The first kappa shape index (κ1) is 14.2. The van der Waals surface area contributed by atoms with Crippen LogP contribution >= 0.6 is 0 Å². The minimum absolute atomic E-state index is 0.602. The SMILES string of the molecule is Cc1ccccc1-c1cc2nc3c(c(NCCN)n2n1)CCC3. The molecule has 5 nitrogen and oxygen atoms in total. The molecule has 4 rings (SSSR count). The summed E-state index contributed by atoms with van der Waals surface area (Å²) in [5.74, 6) is 1.06. The number of rotatable bonds is 4. The Hall–Kier alpha value is -2.40. The van der Waals surface area contributed by atoms with Crippen LogP contribution in [0.5, 0.6) is 0 Å². The molecular formula is C18H21N5. The van der Waals surface area contributed by atoms with Gasteiger partial charge in [0.2, 0.25) is 0 Å². The Kier molecular flexibility index (Phi) is 3.50. The molecule has 0 amide bonds. The van der Waals surface area contributed by atoms with Crippen molar-refractivity contribution in [3.63, 3.8) is 0 Å². The molecule has 2 heterocycles. The zero-order valence-corrected chi connectivity index (χ0v) is 13.3. The van der Waals surface area contributed by atoms with Crippen molar-refractivity contribution in [2.75, 3.05) is 18.4 Å². The number of hydrogen-bond donors (Lipinski definition) is 2. The lowest BCUT2D eigenvalue weighted by Crippen LogP contribution is -2.17. The van der Waals surface area contributed by atoms with Crippen LogP contribution in [0.3, 0.4) is 0 Å². The Labute approximate surface area is 135 Å². The zero-order valence-electron chi connectivity index (χ0n) is 13.3. The van der Waals surface area contributed by atoms with E-state index in [4.69, 9.17) is 15.8 Å². The lowest BCUT2D eigenvalue weighted by molar-refractivity contribution is 0.894. The standard InChI is InChI=1S/C18H21N5/c1-12-5-2-3-6-13(12)16-11-17-21-15-8-4-7-14(15)18(20-10-9-19)23(17)22-16/h2-3,5-6,11,20H,4,7-10,19H2,1H3. The van der Waals surface area contributed by atoms with Crippen LogP contribution < -0.4 is 11.1 Å². The van der Waals surface area contributed by atoms with Crippen LogP contribution in [-0.2, 0) is 12.8 Å². The molecule has 0 unspecified atom stereocenters. The summed E-state index contributed by atoms with van der Waals surface area (Å²) < 4.78 is 1.95. The quantitative estimate of drug-likeness (QED) is 0.777. The molecule has 3 N–H and O–H groups in total. The number of aryl methyl sites for hydroxylation is 2. The van der Waals surface area contributed by atoms with Crippen LogP contribution in [0.1, 0.15) is 23.2 Å². The van der Waals surface area contributed by atoms with Gasteiger partial charge in [0.25, 0.3) is 0 Å². The fourth-order valence-corrected chi connectivity index (χ4v) is 3.35. The van der Waals surface area contributed by atoms with Crippen LogP contribution in [0, 0.1) is 6.92 Å². The van der Waals surface area contributed by atoms with E-state index in [0.29, 0.717) is 6.54 Å². The van der Waals surface area contributed by atoms with Gasteiger partial charge in [-0.25, -0.2) is 4.98 Å². The molecule has 0 fully saturated rings. The third-order valence-corrected chi connectivity index (χ3v) is 4.48. The number of benzene rings is 1. The van der Waals surface area contributed by atoms with Gasteiger partial charge in [0.1, 0.15) is 5.82 Å². The largest absolute Gasteiger partial charge is 0.368 e. The summed E-state index contributed by atoms with van der Waals surface area (Å²) in [5, 5.41) is 8.28. The predicted octanol–water partition coefficient (Wildman–Crippen LogP) is 2.56. The first-order valence-electron chi connectivity index (χ1n) is 8.19. The molecule has 2 aromatic heterocycles. The van der Waals surface area contributed by atoms with Gasteiger partial charge < -0.3 is 11.1 Å². The Morgan fingerprint density at radius 3 is 2.96 bits per heavy atom. The second-order valence-electron chi connectivity index (χ2n) is 6.07. The van der Waals surface area contributed by atoms with Crippen molar-refractivity contribution in [3.8, 4) is 11.3 Å². The molecule has 1 aliphatic rings. The van der Waals surface area contributed by atoms with Crippen LogP contribution in [0.2, 0.25) is 0 Å². The zero-order chi connectivity index (χ0) is 15.8. The third-order valence-electron chi connectivity index (χ3n) is 4.48. The van der Waals surface area contributed by atoms with Gasteiger partial charge in [-0.2, -0.15) is 9.61 Å². The van der Waals surface area contributed by atoms with Crippen LogP contribution in [0.25, 0.3) is 16.9 Å². The van der Waals surface area contributed by atoms with Crippen molar-refractivity contribution in [1.82, 2.24) is 14.6 Å². The van der Waals surface area contributed by atoms with Gasteiger partial charge in [-0.15, -0.1) is 0 Å². The highest BCUT2D eigenvalue weighted by molar-refractivity contribution is 5.69. The Morgan fingerprint density at radius 1 is 1.26 bits per heavy atom. The predicted molar refractivity (Wildman–Crippen MR) is 92.7 cm³/mol. The summed E-state index contributed by atoms with van der Waals surface area (Å²) in [7, 11) is 0. The number of fused-ring (bicyclic) bond motifs is 2. The highest BCUT2D eigenvalue weighted by Gasteiger charge is 2.21. The van der Waals surface area contributed by atoms with Crippen LogP contribution in [0.15, 0.2) is 30.3 Å². The number of aromatic nitrogens is 3. The lowest BCUT2D eigenvalue weighted by Gasteiger charge is -2.12. The van der Waals surface area contributed by atoms with Crippen LogP contribution in [-0.4, -0.2) is 27.7 Å². The van der Waals surface area contributed by atoms with Gasteiger partial charge in [-0.05, 0) is 31.7 Å². The van der Waals surface area contributed by atoms with Gasteiger partial charge in [-0.1, -0.05) is 24.3 Å². The monoisotopic (exact) mass is 307 g/mol. The Bertz CT molecular complexity index is 865. The summed E-state index contributed by atoms with van der Waals surface area (Å²) in [5.41, 5.74) is 12.4. The smallest absolute Gasteiger partial charge is 0.158 e. The third kappa shape index (κ3) is 2.37. The van der Waals surface area contributed by atoms with E-state index < -0.39 is 0 Å². The highest BCUT2D eigenvalue weighted by Crippen LogP contribution is 2.31. The number of nitrogens with zero attached hydrogens (tertiary/aromatic N) is 3. The molecule has 0 spiro atoms. The maximum Gasteiger partial charge on any atom is 0.158 e. The van der Waals surface area contributed by atoms with Crippen molar-refractivity contribution in [3.05, 3.63) is 47.2 Å². The molecule has 5 heteroatoms. The van der Waals surface area contributed by atoms with Crippen molar-refractivity contribution in [2.45, 2.75) is 26.2 Å². The molecule has 23 heavy (non-hydrogen) atoms. The van der Waals surface area contributed by atoms with E-state index in [1.165, 1.54) is 16.8 Å². The minimum atomic E-state index is 0.602. The maximum absolute atomic E-state index is 5.67. The number of anilines is 1. The first-order valence-corrected chi connectivity index (χ1v) is 8.19. The molecule has 0 radical (unpaired) electrons.